The molecule has 2 N–H and O–H groups in total. The number of nitrogens with zero attached hydrogens (tertiary/aromatic N) is 2. The van der Waals surface area contributed by atoms with Gasteiger partial charge in [0.1, 0.15) is 18.2 Å². The number of alkyl carbamates (subject to hydrolysis) is 1. The summed E-state index contributed by atoms with van der Waals surface area (Å²) >= 11 is 5.31. The number of nitrogens with one attached hydrogen (secondary N) is 2. The molecule has 41 heavy (non-hydrogen) atoms. The van der Waals surface area contributed by atoms with E-state index in [1.54, 1.807) is 21.4 Å². The highest BCUT2D eigenvalue weighted by molar-refractivity contribution is 7.71. The number of esters is 2. The van der Waals surface area contributed by atoms with Gasteiger partial charge in [-0.2, -0.15) is 0 Å². The zero-order valence-corrected chi connectivity index (χ0v) is 24.2. The van der Waals surface area contributed by atoms with E-state index in [1.807, 2.05) is 44.2 Å². The third-order valence-corrected chi connectivity index (χ3v) is 6.29. The maximum absolute atomic E-state index is 12.6. The van der Waals surface area contributed by atoms with Crippen molar-refractivity contribution in [2.45, 2.75) is 72.1 Å². The molecule has 0 saturated carbocycles. The van der Waals surface area contributed by atoms with Crippen LogP contribution in [0.3, 0.4) is 0 Å². The molecule has 2 aromatic heterocycles. The number of unbranched alkanes of at least 4 members (excludes halogenated alkanes) is 1. The van der Waals surface area contributed by atoms with Gasteiger partial charge in [0.05, 0.1) is 24.8 Å². The van der Waals surface area contributed by atoms with E-state index >= 15 is 0 Å². The maximum atomic E-state index is 12.6. The van der Waals surface area contributed by atoms with Crippen LogP contribution in [-0.4, -0.2) is 57.5 Å². The number of carbonyl (C=O) groups is 3. The van der Waals surface area contributed by atoms with Crippen molar-refractivity contribution >= 4 is 41.3 Å². The quantitative estimate of drug-likeness (QED) is 0.117. The second-order valence-corrected chi connectivity index (χ2v) is 9.93. The Morgan fingerprint density at radius 3 is 2.49 bits per heavy atom. The lowest BCUT2D eigenvalue weighted by atomic mass is 10.2. The van der Waals surface area contributed by atoms with Crippen molar-refractivity contribution in [1.82, 2.24) is 19.4 Å². The number of ether oxygens (including phenoxy) is 4. The van der Waals surface area contributed by atoms with E-state index in [0.29, 0.717) is 41.8 Å². The van der Waals surface area contributed by atoms with Crippen LogP contribution in [-0.2, 0) is 48.4 Å². The minimum atomic E-state index is -0.888. The largest absolute Gasteiger partial charge is 0.464 e. The number of aromatic amines is 1. The van der Waals surface area contributed by atoms with E-state index in [1.165, 1.54) is 6.92 Å². The Hall–Kier alpha value is -3.97. The van der Waals surface area contributed by atoms with Gasteiger partial charge in [-0.3, -0.25) is 14.6 Å². The van der Waals surface area contributed by atoms with Gasteiger partial charge in [-0.1, -0.05) is 30.3 Å². The summed E-state index contributed by atoms with van der Waals surface area (Å²) in [6.07, 6.45) is 1.97. The predicted molar refractivity (Wildman–Crippen MR) is 153 cm³/mol. The zero-order chi connectivity index (χ0) is 29.8. The highest BCUT2D eigenvalue weighted by atomic mass is 32.1. The number of rotatable bonds is 15. The van der Waals surface area contributed by atoms with Gasteiger partial charge in [-0.25, -0.2) is 9.59 Å². The van der Waals surface area contributed by atoms with E-state index < -0.39 is 24.1 Å². The second-order valence-electron chi connectivity index (χ2n) is 9.55. The molecule has 222 valence electrons. The first-order valence-electron chi connectivity index (χ1n) is 13.4. The molecular formula is C28H36N4O8S. The van der Waals surface area contributed by atoms with Crippen molar-refractivity contribution in [3.63, 3.8) is 0 Å². The molecule has 3 aromatic rings. The molecule has 12 nitrogen and oxygen atoms in total. The van der Waals surface area contributed by atoms with E-state index in [-0.39, 0.29) is 38.0 Å². The van der Waals surface area contributed by atoms with Crippen molar-refractivity contribution < 1.29 is 33.3 Å². The minimum Gasteiger partial charge on any atom is -0.464 e. The topological polar surface area (TPSA) is 143 Å². The fourth-order valence-corrected chi connectivity index (χ4v) is 4.13. The number of fused-ring (bicyclic) bond motifs is 1. The average Bonchev–Trinajstić information content (AvgIpc) is 3.37. The summed E-state index contributed by atoms with van der Waals surface area (Å²) in [7, 11) is 0. The fourth-order valence-electron chi connectivity index (χ4n) is 3.85. The van der Waals surface area contributed by atoms with Crippen molar-refractivity contribution in [3.8, 4) is 0 Å². The van der Waals surface area contributed by atoms with Crippen LogP contribution in [0.15, 0.2) is 47.4 Å². The second kappa shape index (κ2) is 15.7. The number of amides is 1. The number of H-pyrrole nitrogens is 1. The number of carbonyl (C=O) groups excluding carboxylic acids is 3. The molecule has 0 saturated heterocycles. The molecule has 1 aromatic carbocycles. The molecule has 13 heteroatoms. The number of benzene rings is 1. The predicted octanol–water partition coefficient (Wildman–Crippen LogP) is 3.81. The molecule has 2 heterocycles. The first-order chi connectivity index (χ1) is 19.7. The van der Waals surface area contributed by atoms with Crippen LogP contribution >= 0.6 is 12.2 Å². The first-order valence-corrected chi connectivity index (χ1v) is 13.8. The molecule has 1 amide bonds. The Balaban J connectivity index is 1.36. The van der Waals surface area contributed by atoms with E-state index in [2.05, 4.69) is 10.3 Å². The van der Waals surface area contributed by atoms with Crippen molar-refractivity contribution in [2.24, 2.45) is 0 Å². The van der Waals surface area contributed by atoms with Gasteiger partial charge in [-0.05, 0) is 57.5 Å². The maximum Gasteiger partial charge on any atom is 0.408 e. The van der Waals surface area contributed by atoms with Crippen LogP contribution < -0.4 is 10.9 Å². The third-order valence-electron chi connectivity index (χ3n) is 5.96. The SMILES string of the molecule is CC(C)OCCn1c(=S)[nH]c(=O)c2c1ccn2COC(=O)CCCCOC(=O)[C@H](C)NC(=O)OCc1ccccc1. The highest BCUT2D eigenvalue weighted by Gasteiger charge is 2.18. The van der Waals surface area contributed by atoms with E-state index in [9.17, 15) is 19.2 Å². The average molecular weight is 589 g/mol. The first kappa shape index (κ1) is 31.6. The Kier molecular flexibility index (Phi) is 12.1. The van der Waals surface area contributed by atoms with E-state index in [4.69, 9.17) is 31.2 Å². The van der Waals surface area contributed by atoms with Gasteiger partial charge >= 0.3 is 18.0 Å². The smallest absolute Gasteiger partial charge is 0.408 e. The molecule has 0 aliphatic carbocycles. The number of hydrogen-bond acceptors (Lipinski definition) is 9. The van der Waals surface area contributed by atoms with Crippen molar-refractivity contribution in [2.75, 3.05) is 13.2 Å². The van der Waals surface area contributed by atoms with Crippen LogP contribution in [0, 0.1) is 4.77 Å². The molecule has 0 aliphatic rings. The summed E-state index contributed by atoms with van der Waals surface area (Å²) < 4.78 is 24.8. The molecule has 0 bridgehead atoms. The molecular weight excluding hydrogens is 552 g/mol. The zero-order valence-electron chi connectivity index (χ0n) is 23.4. The summed E-state index contributed by atoms with van der Waals surface area (Å²) in [5.74, 6) is -1.06. The summed E-state index contributed by atoms with van der Waals surface area (Å²) in [5.41, 5.74) is 1.42. The summed E-state index contributed by atoms with van der Waals surface area (Å²) in [4.78, 5) is 51.5. The van der Waals surface area contributed by atoms with Gasteiger partial charge in [-0.15, -0.1) is 0 Å². The lowest BCUT2D eigenvalue weighted by molar-refractivity contribution is -0.147. The Morgan fingerprint density at radius 1 is 1.00 bits per heavy atom. The monoisotopic (exact) mass is 588 g/mol. The third kappa shape index (κ3) is 9.87. The lowest BCUT2D eigenvalue weighted by Gasteiger charge is -2.13. The molecule has 3 rings (SSSR count). The minimum absolute atomic E-state index is 0.0696. The van der Waals surface area contributed by atoms with Crippen LogP contribution in [0.4, 0.5) is 4.79 Å². The van der Waals surface area contributed by atoms with Crippen molar-refractivity contribution in [1.29, 1.82) is 0 Å². The van der Waals surface area contributed by atoms with Gasteiger partial charge < -0.3 is 33.4 Å². The number of hydrogen-bond donors (Lipinski definition) is 2. The van der Waals surface area contributed by atoms with Crippen LogP contribution in [0.1, 0.15) is 45.6 Å². The molecule has 0 spiro atoms. The van der Waals surface area contributed by atoms with Gasteiger partial charge in [0.15, 0.2) is 11.5 Å². The highest BCUT2D eigenvalue weighted by Crippen LogP contribution is 2.13. The Bertz CT molecular complexity index is 1430. The van der Waals surface area contributed by atoms with Gasteiger partial charge in [0.25, 0.3) is 5.56 Å². The Labute approximate surface area is 242 Å². The Morgan fingerprint density at radius 2 is 1.76 bits per heavy atom. The molecule has 0 aliphatic heterocycles. The summed E-state index contributed by atoms with van der Waals surface area (Å²) in [6.45, 7) is 6.30. The summed E-state index contributed by atoms with van der Waals surface area (Å²) in [6, 6.07) is 10.0. The normalized spacial score (nSPS) is 11.8. The molecule has 0 fully saturated rings. The van der Waals surface area contributed by atoms with Crippen LogP contribution in [0.5, 0.6) is 0 Å². The van der Waals surface area contributed by atoms with Crippen molar-refractivity contribution in [3.05, 3.63) is 63.3 Å². The summed E-state index contributed by atoms with van der Waals surface area (Å²) in [5, 5.41) is 2.43. The number of aromatic nitrogens is 3. The molecule has 1 atom stereocenters. The standard InChI is InChI=1S/C28H36N4O8S/c1-19(2)37-16-14-32-22-12-13-31(24(22)25(34)30-27(32)41)18-40-23(33)11-7-8-15-38-26(35)20(3)29-28(36)39-17-21-9-5-4-6-10-21/h4-6,9-10,12-13,19-20H,7-8,11,14-18H2,1-3H3,(H,29,36)(H,30,34,41)/t20-/m0/s1. The molecule has 0 unspecified atom stereocenters. The van der Waals surface area contributed by atoms with Crippen LogP contribution in [0.2, 0.25) is 0 Å². The van der Waals surface area contributed by atoms with Gasteiger partial charge in [0.2, 0.25) is 0 Å². The van der Waals surface area contributed by atoms with Gasteiger partial charge in [0, 0.05) is 19.2 Å². The lowest BCUT2D eigenvalue weighted by Crippen LogP contribution is -2.39. The fraction of sp³-hybridized carbons (Fsp3) is 0.464. The molecule has 0 radical (unpaired) electrons. The van der Waals surface area contributed by atoms with Crippen LogP contribution in [0.25, 0.3) is 11.0 Å². The van der Waals surface area contributed by atoms with E-state index in [0.717, 1.165) is 5.56 Å².